The second-order valence-electron chi connectivity index (χ2n) is 5.69. The van der Waals surface area contributed by atoms with Gasteiger partial charge in [-0.25, -0.2) is 19.7 Å². The van der Waals surface area contributed by atoms with Gasteiger partial charge in [0.1, 0.15) is 0 Å². The van der Waals surface area contributed by atoms with Crippen LogP contribution in [-0.2, 0) is 15.7 Å². The van der Waals surface area contributed by atoms with Crippen molar-refractivity contribution in [1.29, 1.82) is 0 Å². The summed E-state index contributed by atoms with van der Waals surface area (Å²) < 4.78 is 44.1. The zero-order valence-corrected chi connectivity index (χ0v) is 15.6. The summed E-state index contributed by atoms with van der Waals surface area (Å²) in [5, 5.41) is 3.93. The van der Waals surface area contributed by atoms with Gasteiger partial charge in [0, 0.05) is 17.8 Å². The second kappa shape index (κ2) is 8.35. The van der Waals surface area contributed by atoms with E-state index in [1.54, 1.807) is 6.07 Å². The lowest BCUT2D eigenvalue weighted by atomic mass is 10.1. The molecule has 0 aliphatic heterocycles. The van der Waals surface area contributed by atoms with Gasteiger partial charge in [-0.15, -0.1) is 11.3 Å². The fourth-order valence-corrected chi connectivity index (χ4v) is 2.96. The van der Waals surface area contributed by atoms with Crippen molar-refractivity contribution >= 4 is 28.9 Å². The molecule has 1 aromatic carbocycles. The van der Waals surface area contributed by atoms with Crippen molar-refractivity contribution in [3.63, 3.8) is 0 Å². The Morgan fingerprint density at radius 1 is 1.14 bits per heavy atom. The van der Waals surface area contributed by atoms with Crippen molar-refractivity contribution in [2.45, 2.75) is 19.2 Å². The average molecular weight is 422 g/mol. The van der Waals surface area contributed by atoms with Crippen LogP contribution < -0.4 is 5.32 Å². The molecule has 0 radical (unpaired) electrons. The minimum absolute atomic E-state index is 0.0622. The first-order valence-corrected chi connectivity index (χ1v) is 9.04. The third kappa shape index (κ3) is 4.93. The first-order valence-electron chi connectivity index (χ1n) is 8.16. The molecular formula is C18H13F3N4O3S. The number of nitrogens with one attached hydrogen (secondary N) is 1. The van der Waals surface area contributed by atoms with Crippen LogP contribution in [-0.4, -0.2) is 32.9 Å². The summed E-state index contributed by atoms with van der Waals surface area (Å²) in [6.45, 7) is 1.25. The van der Waals surface area contributed by atoms with Crippen molar-refractivity contribution in [3.05, 3.63) is 59.4 Å². The summed E-state index contributed by atoms with van der Waals surface area (Å²) in [5.74, 6) is -1.47. The molecule has 150 valence electrons. The molecule has 11 heteroatoms. The molecule has 0 aliphatic rings. The molecule has 0 saturated heterocycles. The van der Waals surface area contributed by atoms with E-state index in [9.17, 15) is 22.8 Å². The van der Waals surface area contributed by atoms with Gasteiger partial charge in [0.15, 0.2) is 22.6 Å². The molecule has 2 aromatic heterocycles. The van der Waals surface area contributed by atoms with Crippen LogP contribution in [0.2, 0.25) is 0 Å². The van der Waals surface area contributed by atoms with Crippen LogP contribution in [0.4, 0.5) is 18.9 Å². The molecule has 0 fully saturated rings. The molecule has 0 saturated carbocycles. The zero-order chi connectivity index (χ0) is 21.0. The van der Waals surface area contributed by atoms with Crippen LogP contribution in [0.5, 0.6) is 0 Å². The molecule has 7 nitrogen and oxygen atoms in total. The lowest BCUT2D eigenvalue weighted by Gasteiger charge is -2.16. The number of nitrogens with zero attached hydrogens (tertiary/aromatic N) is 3. The Morgan fingerprint density at radius 3 is 2.52 bits per heavy atom. The maximum absolute atomic E-state index is 13.0. The highest BCUT2D eigenvalue weighted by molar-refractivity contribution is 7.13. The monoisotopic (exact) mass is 422 g/mol. The molecule has 1 unspecified atom stereocenters. The van der Waals surface area contributed by atoms with E-state index < -0.39 is 35.4 Å². The topological polar surface area (TPSA) is 94.1 Å². The van der Waals surface area contributed by atoms with E-state index in [1.165, 1.54) is 36.8 Å². The van der Waals surface area contributed by atoms with Crippen LogP contribution in [0.3, 0.4) is 0 Å². The van der Waals surface area contributed by atoms with E-state index >= 15 is 0 Å². The fraction of sp³-hybridized carbons (Fsp3) is 0.167. The van der Waals surface area contributed by atoms with Crippen molar-refractivity contribution in [2.24, 2.45) is 0 Å². The van der Waals surface area contributed by atoms with Gasteiger partial charge >= 0.3 is 12.1 Å². The van der Waals surface area contributed by atoms with Crippen LogP contribution >= 0.6 is 11.3 Å². The van der Waals surface area contributed by atoms with Gasteiger partial charge in [-0.2, -0.15) is 13.2 Å². The molecule has 0 aliphatic carbocycles. The molecule has 1 amide bonds. The van der Waals surface area contributed by atoms with E-state index in [2.05, 4.69) is 20.3 Å². The average Bonchev–Trinajstić information content (AvgIpc) is 3.18. The number of para-hydroxylation sites is 1. The number of carbonyl (C=O) groups excluding carboxylic acids is 2. The van der Waals surface area contributed by atoms with E-state index in [0.717, 1.165) is 23.5 Å². The minimum Gasteiger partial charge on any atom is -0.448 e. The first kappa shape index (κ1) is 20.4. The molecular weight excluding hydrogens is 409 g/mol. The van der Waals surface area contributed by atoms with Crippen LogP contribution in [0.15, 0.2) is 48.1 Å². The van der Waals surface area contributed by atoms with Crippen molar-refractivity contribution in [1.82, 2.24) is 15.0 Å². The van der Waals surface area contributed by atoms with Gasteiger partial charge in [-0.05, 0) is 25.1 Å². The molecule has 1 atom stereocenters. The molecule has 1 N–H and O–H groups in total. The summed E-state index contributed by atoms with van der Waals surface area (Å²) in [6.07, 6.45) is -2.94. The minimum atomic E-state index is -4.64. The predicted molar refractivity (Wildman–Crippen MR) is 98.1 cm³/mol. The number of rotatable bonds is 5. The number of esters is 1. The molecule has 3 aromatic rings. The first-order chi connectivity index (χ1) is 13.8. The number of benzene rings is 1. The molecule has 2 heterocycles. The third-order valence-electron chi connectivity index (χ3n) is 3.61. The molecule has 0 spiro atoms. The number of thiazole rings is 1. The summed E-state index contributed by atoms with van der Waals surface area (Å²) >= 11 is 1.11. The molecule has 3 rings (SSSR count). The quantitative estimate of drug-likeness (QED) is 0.629. The number of ether oxygens (including phenoxy) is 1. The lowest BCUT2D eigenvalue weighted by Crippen LogP contribution is -2.30. The highest BCUT2D eigenvalue weighted by Crippen LogP contribution is 2.34. The Hall–Kier alpha value is -3.34. The normalized spacial score (nSPS) is 12.3. The Kier molecular flexibility index (Phi) is 5.87. The number of carbonyl (C=O) groups is 2. The highest BCUT2D eigenvalue weighted by atomic mass is 32.1. The maximum atomic E-state index is 13.0. The number of alkyl halides is 3. The summed E-state index contributed by atoms with van der Waals surface area (Å²) in [5.41, 5.74) is -1.49. The van der Waals surface area contributed by atoms with E-state index in [0.29, 0.717) is 10.8 Å². The molecule has 29 heavy (non-hydrogen) atoms. The van der Waals surface area contributed by atoms with E-state index in [-0.39, 0.29) is 5.69 Å². The van der Waals surface area contributed by atoms with Crippen LogP contribution in [0, 0.1) is 0 Å². The smallest absolute Gasteiger partial charge is 0.418 e. The second-order valence-corrected chi connectivity index (χ2v) is 6.55. The number of hydrogen-bond donors (Lipinski definition) is 1. The molecule has 0 bridgehead atoms. The highest BCUT2D eigenvalue weighted by Gasteiger charge is 2.34. The van der Waals surface area contributed by atoms with Gasteiger partial charge in [-0.1, -0.05) is 12.1 Å². The van der Waals surface area contributed by atoms with Crippen molar-refractivity contribution in [3.8, 4) is 10.8 Å². The number of halogens is 3. The number of amides is 1. The fourth-order valence-electron chi connectivity index (χ4n) is 2.23. The van der Waals surface area contributed by atoms with Crippen LogP contribution in [0.25, 0.3) is 10.8 Å². The number of anilines is 1. The Balaban J connectivity index is 1.66. The SMILES string of the molecule is CC(OC(=O)c1csc(-c2ncccn2)n1)C(=O)Nc1ccccc1C(F)(F)F. The van der Waals surface area contributed by atoms with E-state index in [4.69, 9.17) is 4.74 Å². The number of hydrogen-bond acceptors (Lipinski definition) is 7. The Bertz CT molecular complexity index is 1020. The Labute approximate surface area is 166 Å². The Morgan fingerprint density at radius 2 is 1.83 bits per heavy atom. The lowest BCUT2D eigenvalue weighted by molar-refractivity contribution is -0.137. The van der Waals surface area contributed by atoms with Gasteiger partial charge in [0.05, 0.1) is 11.3 Å². The zero-order valence-electron chi connectivity index (χ0n) is 14.8. The van der Waals surface area contributed by atoms with Crippen molar-refractivity contribution in [2.75, 3.05) is 5.32 Å². The van der Waals surface area contributed by atoms with Gasteiger partial charge in [-0.3, -0.25) is 4.79 Å². The largest absolute Gasteiger partial charge is 0.448 e. The van der Waals surface area contributed by atoms with Gasteiger partial charge < -0.3 is 10.1 Å². The summed E-state index contributed by atoms with van der Waals surface area (Å²) in [7, 11) is 0. The van der Waals surface area contributed by atoms with Crippen LogP contribution in [0.1, 0.15) is 23.0 Å². The maximum Gasteiger partial charge on any atom is 0.418 e. The third-order valence-corrected chi connectivity index (χ3v) is 4.45. The standard InChI is InChI=1S/C18H13F3N4O3S/c1-10(15(26)24-12-6-3-2-5-11(12)18(19,20)21)28-17(27)13-9-29-16(25-13)14-22-7-4-8-23-14/h2-10H,1H3,(H,24,26). The van der Waals surface area contributed by atoms with Crippen molar-refractivity contribution < 1.29 is 27.5 Å². The summed E-state index contributed by atoms with van der Waals surface area (Å²) in [4.78, 5) is 36.5. The van der Waals surface area contributed by atoms with Gasteiger partial charge in [0.25, 0.3) is 5.91 Å². The van der Waals surface area contributed by atoms with E-state index in [1.807, 2.05) is 0 Å². The van der Waals surface area contributed by atoms with Gasteiger partial charge in [0.2, 0.25) is 0 Å². The predicted octanol–water partition coefficient (Wildman–Crippen LogP) is 3.80. The summed E-state index contributed by atoms with van der Waals surface area (Å²) in [6, 6.07) is 6.14. The number of aromatic nitrogens is 3.